The second-order valence-electron chi connectivity index (χ2n) is 15.6. The first kappa shape index (κ1) is 38.5. The molecule has 10 heteroatoms. The SMILES string of the molecule is C=CCNC(=O)C(=C)C(CCCC)NC(=O)C1[C@@H]2[C@H](CN1C(=C)C(NC(=O)NC(COC(C)=O)C1CCCCC1)C1CCCCC1)C2(C)C. The van der Waals surface area contributed by atoms with Gasteiger partial charge in [0.1, 0.15) is 12.6 Å². The number of ether oxygens (including phenoxy) is 1. The lowest BCUT2D eigenvalue weighted by molar-refractivity contribution is -0.142. The zero-order valence-electron chi connectivity index (χ0n) is 30.6. The van der Waals surface area contributed by atoms with Crippen LogP contribution in [0.15, 0.2) is 37.1 Å². The number of fused-ring (bicyclic) bond motifs is 1. The van der Waals surface area contributed by atoms with E-state index in [1.54, 1.807) is 6.08 Å². The molecule has 4 aliphatic rings. The van der Waals surface area contributed by atoms with Crippen molar-refractivity contribution in [2.45, 2.75) is 135 Å². The normalized spacial score (nSPS) is 25.1. The molecule has 274 valence electrons. The summed E-state index contributed by atoms with van der Waals surface area (Å²) in [5.74, 6) is 0.162. The van der Waals surface area contributed by atoms with Crippen LogP contribution in [0.1, 0.15) is 111 Å². The van der Waals surface area contributed by atoms with Crippen LogP contribution >= 0.6 is 0 Å². The molecule has 0 bridgehead atoms. The minimum absolute atomic E-state index is 0.00507. The lowest BCUT2D eigenvalue weighted by Gasteiger charge is -2.41. The Morgan fingerprint density at radius 2 is 1.57 bits per heavy atom. The summed E-state index contributed by atoms with van der Waals surface area (Å²) in [5.41, 5.74) is 1.12. The van der Waals surface area contributed by atoms with Gasteiger partial charge in [0.15, 0.2) is 0 Å². The minimum Gasteiger partial charge on any atom is -0.464 e. The van der Waals surface area contributed by atoms with E-state index in [2.05, 4.69) is 66.7 Å². The Hall–Kier alpha value is -3.30. The minimum atomic E-state index is -0.486. The Bertz CT molecular complexity index is 1220. The Kier molecular flexibility index (Phi) is 13.8. The summed E-state index contributed by atoms with van der Waals surface area (Å²) in [4.78, 5) is 54.9. The molecule has 4 amide bonds. The van der Waals surface area contributed by atoms with Crippen LogP contribution in [0.4, 0.5) is 4.79 Å². The van der Waals surface area contributed by atoms with Gasteiger partial charge in [0.2, 0.25) is 11.8 Å². The van der Waals surface area contributed by atoms with Crippen LogP contribution in [0.3, 0.4) is 0 Å². The monoisotopic (exact) mass is 681 g/mol. The number of unbranched alkanes of at least 4 members (excludes halogenated alkanes) is 1. The number of nitrogens with one attached hydrogen (secondary N) is 4. The fourth-order valence-corrected chi connectivity index (χ4v) is 8.83. The first-order valence-electron chi connectivity index (χ1n) is 18.9. The third-order valence-corrected chi connectivity index (χ3v) is 11.9. The fourth-order valence-electron chi connectivity index (χ4n) is 8.83. The molecule has 3 saturated carbocycles. The third kappa shape index (κ3) is 9.69. The molecule has 0 aromatic heterocycles. The lowest BCUT2D eigenvalue weighted by atomic mass is 9.82. The van der Waals surface area contributed by atoms with Gasteiger partial charge in [-0.1, -0.05) is 91.4 Å². The van der Waals surface area contributed by atoms with Gasteiger partial charge in [0.05, 0.1) is 18.1 Å². The predicted molar refractivity (Wildman–Crippen MR) is 193 cm³/mol. The van der Waals surface area contributed by atoms with Gasteiger partial charge in [-0.25, -0.2) is 4.79 Å². The van der Waals surface area contributed by atoms with Crippen molar-refractivity contribution in [1.82, 2.24) is 26.2 Å². The van der Waals surface area contributed by atoms with E-state index >= 15 is 0 Å². The first-order chi connectivity index (χ1) is 23.4. The van der Waals surface area contributed by atoms with Crippen molar-refractivity contribution in [2.24, 2.45) is 29.1 Å². The average Bonchev–Trinajstić information content (AvgIpc) is 3.40. The Balaban J connectivity index is 1.54. The number of rotatable bonds is 17. The van der Waals surface area contributed by atoms with Gasteiger partial charge >= 0.3 is 12.0 Å². The number of hydrogen-bond donors (Lipinski definition) is 4. The average molecular weight is 682 g/mol. The van der Waals surface area contributed by atoms with E-state index in [0.29, 0.717) is 31.0 Å². The number of likely N-dealkylation sites (tertiary alicyclic amines) is 1. The fraction of sp³-hybridized carbons (Fsp3) is 0.744. The number of carbonyl (C=O) groups excluding carboxylic acids is 4. The zero-order chi connectivity index (χ0) is 35.7. The molecule has 0 aromatic rings. The molecule has 4 N–H and O–H groups in total. The summed E-state index contributed by atoms with van der Waals surface area (Å²) in [6, 6.07) is -1.84. The number of urea groups is 1. The lowest BCUT2D eigenvalue weighted by Crippen LogP contribution is -2.57. The van der Waals surface area contributed by atoms with Gasteiger partial charge < -0.3 is 30.9 Å². The molecule has 4 fully saturated rings. The molecular weight excluding hydrogens is 618 g/mol. The van der Waals surface area contributed by atoms with Crippen LogP contribution in [0.2, 0.25) is 0 Å². The highest BCUT2D eigenvalue weighted by molar-refractivity contribution is 5.95. The molecule has 3 aliphatic carbocycles. The molecule has 10 nitrogen and oxygen atoms in total. The van der Waals surface area contributed by atoms with E-state index in [1.165, 1.54) is 19.8 Å². The quantitative estimate of drug-likeness (QED) is 0.0880. The molecular formula is C39H63N5O5. The summed E-state index contributed by atoms with van der Waals surface area (Å²) >= 11 is 0. The van der Waals surface area contributed by atoms with Crippen molar-refractivity contribution >= 4 is 23.8 Å². The van der Waals surface area contributed by atoms with Gasteiger partial charge in [-0.15, -0.1) is 6.58 Å². The van der Waals surface area contributed by atoms with Crippen LogP contribution in [0, 0.1) is 29.1 Å². The van der Waals surface area contributed by atoms with Crippen molar-refractivity contribution < 1.29 is 23.9 Å². The molecule has 4 unspecified atom stereocenters. The standard InChI is InChI=1S/C39H63N5O5/c1-8-10-21-31(25(3)36(46)40-22-9-2)41-37(47)35-33-30(39(33,6)7)23-44(35)26(4)34(29-19-15-12-16-20-29)43-38(48)42-32(24-49-27(5)45)28-17-13-11-14-18-28/h9,28-35H,2-4,8,10-24H2,1,5-7H3,(H,40,46)(H,41,47)(H2,42,43,48)/t30-,31?,32?,33-,34?,35?/m0/s1. The van der Waals surface area contributed by atoms with Crippen LogP contribution in [-0.2, 0) is 19.1 Å². The van der Waals surface area contributed by atoms with Gasteiger partial charge in [-0.2, -0.15) is 0 Å². The molecule has 1 heterocycles. The summed E-state index contributed by atoms with van der Waals surface area (Å²) in [6.07, 6.45) is 14.7. The summed E-state index contributed by atoms with van der Waals surface area (Å²) in [5, 5.41) is 12.5. The maximum absolute atomic E-state index is 14.3. The largest absolute Gasteiger partial charge is 0.464 e. The van der Waals surface area contributed by atoms with Crippen LogP contribution in [0.5, 0.6) is 0 Å². The molecule has 6 atom stereocenters. The maximum atomic E-state index is 14.3. The molecule has 0 spiro atoms. The van der Waals surface area contributed by atoms with Crippen molar-refractivity contribution in [3.8, 4) is 0 Å². The number of amides is 4. The summed E-state index contributed by atoms with van der Waals surface area (Å²) in [7, 11) is 0. The Morgan fingerprint density at radius 3 is 2.16 bits per heavy atom. The summed E-state index contributed by atoms with van der Waals surface area (Å²) in [6.45, 7) is 21.5. The van der Waals surface area contributed by atoms with Gasteiger partial charge in [-0.3, -0.25) is 14.4 Å². The second-order valence-corrected chi connectivity index (χ2v) is 15.6. The molecule has 4 rings (SSSR count). The van der Waals surface area contributed by atoms with Crippen molar-refractivity contribution in [1.29, 1.82) is 0 Å². The van der Waals surface area contributed by atoms with Crippen LogP contribution in [0.25, 0.3) is 0 Å². The van der Waals surface area contributed by atoms with E-state index in [1.807, 2.05) is 0 Å². The van der Waals surface area contributed by atoms with E-state index in [-0.39, 0.29) is 65.7 Å². The molecule has 1 aliphatic heterocycles. The Morgan fingerprint density at radius 1 is 0.939 bits per heavy atom. The van der Waals surface area contributed by atoms with Crippen molar-refractivity contribution in [2.75, 3.05) is 19.7 Å². The van der Waals surface area contributed by atoms with Gasteiger partial charge in [0, 0.05) is 31.3 Å². The van der Waals surface area contributed by atoms with Crippen molar-refractivity contribution in [3.05, 3.63) is 37.1 Å². The van der Waals surface area contributed by atoms with E-state index in [0.717, 1.165) is 69.9 Å². The number of hydrogen-bond acceptors (Lipinski definition) is 6. The van der Waals surface area contributed by atoms with Crippen molar-refractivity contribution in [3.63, 3.8) is 0 Å². The third-order valence-electron chi connectivity index (χ3n) is 11.9. The topological polar surface area (TPSA) is 129 Å². The molecule has 0 radical (unpaired) electrons. The highest BCUT2D eigenvalue weighted by Gasteiger charge is 2.69. The number of esters is 1. The van der Waals surface area contributed by atoms with Crippen LogP contribution in [-0.4, -0.2) is 72.6 Å². The summed E-state index contributed by atoms with van der Waals surface area (Å²) < 4.78 is 5.40. The number of carbonyl (C=O) groups is 4. The predicted octanol–water partition coefficient (Wildman–Crippen LogP) is 5.75. The zero-order valence-corrected chi connectivity index (χ0v) is 30.6. The van der Waals surface area contributed by atoms with E-state index in [4.69, 9.17) is 4.74 Å². The van der Waals surface area contributed by atoms with E-state index < -0.39 is 12.1 Å². The Labute approximate surface area is 294 Å². The van der Waals surface area contributed by atoms with Gasteiger partial charge in [-0.05, 0) is 61.2 Å². The first-order valence-corrected chi connectivity index (χ1v) is 18.9. The second kappa shape index (κ2) is 17.6. The van der Waals surface area contributed by atoms with Gasteiger partial charge in [0.25, 0.3) is 0 Å². The molecule has 0 aromatic carbocycles. The highest BCUT2D eigenvalue weighted by Crippen LogP contribution is 2.65. The number of piperidine rings is 1. The smallest absolute Gasteiger partial charge is 0.315 e. The maximum Gasteiger partial charge on any atom is 0.315 e. The van der Waals surface area contributed by atoms with Crippen LogP contribution < -0.4 is 21.3 Å². The highest BCUT2D eigenvalue weighted by atomic mass is 16.5. The molecule has 1 saturated heterocycles. The number of nitrogens with zero attached hydrogens (tertiary/aromatic N) is 1. The molecule has 49 heavy (non-hydrogen) atoms. The van der Waals surface area contributed by atoms with E-state index in [9.17, 15) is 19.2 Å².